The zero-order chi connectivity index (χ0) is 10.7. The largest absolute Gasteiger partial charge is 0.368 e. The number of nitrogen functional groups attached to an aromatic ring is 1. The molecule has 2 aromatic heterocycles. The number of anilines is 1. The molecule has 4 nitrogen and oxygen atoms in total. The second kappa shape index (κ2) is 4.28. The summed E-state index contributed by atoms with van der Waals surface area (Å²) in [4.78, 5) is 10.8. The first-order valence-corrected chi connectivity index (χ1v) is 4.83. The molecule has 0 fully saturated rings. The van der Waals surface area contributed by atoms with E-state index in [9.17, 15) is 0 Å². The van der Waals surface area contributed by atoms with E-state index in [1.165, 1.54) is 0 Å². The number of aromatic nitrogens is 3. The summed E-state index contributed by atoms with van der Waals surface area (Å²) in [7, 11) is 0. The number of hydrogen-bond donors (Lipinski definition) is 2. The number of aromatic amines is 1. The Morgan fingerprint density at radius 1 is 1.36 bits per heavy atom. The number of fused-ring (bicyclic) bond motifs is 1. The maximum Gasteiger partial charge on any atom is 0.223 e. The highest BCUT2D eigenvalue weighted by molar-refractivity contribution is 6.34. The van der Waals surface area contributed by atoms with E-state index >= 15 is 0 Å². The Kier molecular flexibility index (Phi) is 3.30. The fourth-order valence-corrected chi connectivity index (χ4v) is 1.48. The van der Waals surface area contributed by atoms with E-state index in [-0.39, 0.29) is 5.95 Å². The lowest BCUT2D eigenvalue weighted by atomic mass is 10.3. The number of nitrogens with zero attached hydrogens (tertiary/aromatic N) is 2. The van der Waals surface area contributed by atoms with Crippen LogP contribution in [0.4, 0.5) is 5.95 Å². The van der Waals surface area contributed by atoms with Crippen molar-refractivity contribution in [3.8, 4) is 0 Å². The third-order valence-corrected chi connectivity index (χ3v) is 1.98. The minimum atomic E-state index is 0.189. The van der Waals surface area contributed by atoms with Crippen molar-refractivity contribution in [1.82, 2.24) is 15.0 Å². The van der Waals surface area contributed by atoms with Crippen molar-refractivity contribution < 1.29 is 0 Å². The summed E-state index contributed by atoms with van der Waals surface area (Å²) < 4.78 is 0. The molecule has 0 aromatic carbocycles. The van der Waals surface area contributed by atoms with Crippen LogP contribution < -0.4 is 5.73 Å². The monoisotopic (exact) mass is 212 g/mol. The van der Waals surface area contributed by atoms with E-state index in [1.807, 2.05) is 27.0 Å². The van der Waals surface area contributed by atoms with E-state index in [4.69, 9.17) is 17.3 Å². The molecule has 0 unspecified atom stereocenters. The number of rotatable bonds is 0. The summed E-state index contributed by atoms with van der Waals surface area (Å²) in [6.45, 7) is 5.93. The predicted molar refractivity (Wildman–Crippen MR) is 59.4 cm³/mol. The molecule has 0 aliphatic heterocycles. The van der Waals surface area contributed by atoms with E-state index in [1.54, 1.807) is 0 Å². The van der Waals surface area contributed by atoms with Gasteiger partial charge in [-0.05, 0) is 12.5 Å². The van der Waals surface area contributed by atoms with Crippen LogP contribution in [0.3, 0.4) is 0 Å². The van der Waals surface area contributed by atoms with Gasteiger partial charge in [-0.25, -0.2) is 4.98 Å². The van der Waals surface area contributed by atoms with Gasteiger partial charge in [0.05, 0.1) is 5.39 Å². The Morgan fingerprint density at radius 3 is 2.64 bits per heavy atom. The molecular formula is C9H13ClN4. The van der Waals surface area contributed by atoms with Gasteiger partial charge in [-0.1, -0.05) is 25.4 Å². The lowest BCUT2D eigenvalue weighted by molar-refractivity contribution is 1.22. The average molecular weight is 213 g/mol. The van der Waals surface area contributed by atoms with Crippen LogP contribution in [0.2, 0.25) is 5.15 Å². The lowest BCUT2D eigenvalue weighted by Crippen LogP contribution is -1.94. The summed E-state index contributed by atoms with van der Waals surface area (Å²) >= 11 is 5.86. The number of aryl methyl sites for hydroxylation is 1. The molecule has 3 N–H and O–H groups in total. The van der Waals surface area contributed by atoms with Crippen LogP contribution in [-0.2, 0) is 0 Å². The smallest absolute Gasteiger partial charge is 0.223 e. The van der Waals surface area contributed by atoms with Crippen LogP contribution >= 0.6 is 11.6 Å². The van der Waals surface area contributed by atoms with Crippen LogP contribution in [0.5, 0.6) is 0 Å². The summed E-state index contributed by atoms with van der Waals surface area (Å²) in [5, 5.41) is 1.24. The van der Waals surface area contributed by atoms with Crippen LogP contribution in [0.1, 0.15) is 19.4 Å². The van der Waals surface area contributed by atoms with Gasteiger partial charge >= 0.3 is 0 Å². The van der Waals surface area contributed by atoms with Crippen molar-refractivity contribution in [2.24, 2.45) is 0 Å². The summed E-state index contributed by atoms with van der Waals surface area (Å²) in [6, 6.07) is 0. The highest BCUT2D eigenvalue weighted by atomic mass is 35.5. The number of hydrogen-bond acceptors (Lipinski definition) is 3. The Labute approximate surface area is 87.5 Å². The molecule has 0 aliphatic rings. The van der Waals surface area contributed by atoms with Gasteiger partial charge in [-0.3, -0.25) is 0 Å². The van der Waals surface area contributed by atoms with Crippen molar-refractivity contribution in [2.75, 3.05) is 5.73 Å². The second-order valence-electron chi connectivity index (χ2n) is 2.57. The molecule has 0 aliphatic carbocycles. The molecule has 2 aromatic rings. The van der Waals surface area contributed by atoms with Crippen molar-refractivity contribution >= 4 is 28.6 Å². The Balaban J connectivity index is 0.000000461. The highest BCUT2D eigenvalue weighted by Gasteiger charge is 2.07. The number of nitrogens with two attached hydrogens (primary N) is 1. The van der Waals surface area contributed by atoms with Crippen LogP contribution in [-0.4, -0.2) is 15.0 Å². The average Bonchev–Trinajstić information content (AvgIpc) is 2.51. The topological polar surface area (TPSA) is 67.6 Å². The van der Waals surface area contributed by atoms with E-state index in [0.717, 1.165) is 10.9 Å². The third-order valence-electron chi connectivity index (χ3n) is 1.70. The molecule has 0 radical (unpaired) electrons. The van der Waals surface area contributed by atoms with E-state index in [0.29, 0.717) is 10.8 Å². The fourth-order valence-electron chi connectivity index (χ4n) is 1.15. The summed E-state index contributed by atoms with van der Waals surface area (Å²) in [5.74, 6) is 0.189. The third kappa shape index (κ3) is 1.80. The van der Waals surface area contributed by atoms with Gasteiger partial charge in [-0.15, -0.1) is 0 Å². The molecule has 0 saturated heterocycles. The van der Waals surface area contributed by atoms with Gasteiger partial charge in [0, 0.05) is 6.20 Å². The number of halogens is 1. The van der Waals surface area contributed by atoms with Crippen molar-refractivity contribution in [3.63, 3.8) is 0 Å². The first kappa shape index (κ1) is 10.8. The summed E-state index contributed by atoms with van der Waals surface area (Å²) in [6.07, 6.45) is 1.82. The lowest BCUT2D eigenvalue weighted by Gasteiger charge is -1.95. The zero-order valence-corrected chi connectivity index (χ0v) is 9.18. The molecule has 2 rings (SSSR count). The first-order valence-electron chi connectivity index (χ1n) is 4.45. The Bertz CT molecular complexity index is 436. The highest BCUT2D eigenvalue weighted by Crippen LogP contribution is 2.23. The van der Waals surface area contributed by atoms with E-state index < -0.39 is 0 Å². The van der Waals surface area contributed by atoms with Gasteiger partial charge in [0.25, 0.3) is 0 Å². The minimum Gasteiger partial charge on any atom is -0.368 e. The molecule has 0 saturated carbocycles. The second-order valence-corrected chi connectivity index (χ2v) is 2.93. The molecule has 0 bridgehead atoms. The molecular weight excluding hydrogens is 200 g/mol. The van der Waals surface area contributed by atoms with Crippen LogP contribution in [0, 0.1) is 6.92 Å². The zero-order valence-electron chi connectivity index (χ0n) is 8.43. The number of H-pyrrole nitrogens is 1. The number of nitrogens with one attached hydrogen (secondary N) is 1. The minimum absolute atomic E-state index is 0.189. The SMILES string of the molecule is CC.Cc1c[nH]c2nc(N)nc(Cl)c12. The molecule has 0 amide bonds. The quantitative estimate of drug-likeness (QED) is 0.660. The maximum absolute atomic E-state index is 5.86. The van der Waals surface area contributed by atoms with Gasteiger partial charge in [0.15, 0.2) is 0 Å². The summed E-state index contributed by atoms with van der Waals surface area (Å²) in [5.41, 5.74) is 7.12. The first-order chi connectivity index (χ1) is 6.68. The molecule has 0 atom stereocenters. The van der Waals surface area contributed by atoms with Gasteiger partial charge in [0.1, 0.15) is 10.8 Å². The van der Waals surface area contributed by atoms with Gasteiger partial charge < -0.3 is 10.7 Å². The predicted octanol–water partition coefficient (Wildman–Crippen LogP) is 2.53. The van der Waals surface area contributed by atoms with Crippen molar-refractivity contribution in [3.05, 3.63) is 16.9 Å². The molecule has 14 heavy (non-hydrogen) atoms. The fraction of sp³-hybridized carbons (Fsp3) is 0.333. The van der Waals surface area contributed by atoms with Gasteiger partial charge in [-0.2, -0.15) is 4.98 Å². The van der Waals surface area contributed by atoms with Crippen molar-refractivity contribution in [2.45, 2.75) is 20.8 Å². The van der Waals surface area contributed by atoms with Crippen LogP contribution in [0.25, 0.3) is 11.0 Å². The molecule has 2 heterocycles. The maximum atomic E-state index is 5.86. The van der Waals surface area contributed by atoms with Crippen LogP contribution in [0.15, 0.2) is 6.20 Å². The Morgan fingerprint density at radius 2 is 2.00 bits per heavy atom. The van der Waals surface area contributed by atoms with E-state index in [2.05, 4.69) is 15.0 Å². The molecule has 76 valence electrons. The standard InChI is InChI=1S/C7H7ClN4.C2H6/c1-3-2-10-6-4(3)5(8)11-7(9)12-6;1-2/h2H,1H3,(H3,9,10,11,12);1-2H3. The normalized spacial score (nSPS) is 9.71. The molecule has 5 heteroatoms. The Hall–Kier alpha value is -1.29. The van der Waals surface area contributed by atoms with Gasteiger partial charge in [0.2, 0.25) is 5.95 Å². The molecule has 0 spiro atoms. The van der Waals surface area contributed by atoms with Crippen molar-refractivity contribution in [1.29, 1.82) is 0 Å².